The number of fused-ring (bicyclic) bond motifs is 1. The highest BCUT2D eigenvalue weighted by Crippen LogP contribution is 2.22. The first-order valence-electron chi connectivity index (χ1n) is 6.01. The van der Waals surface area contributed by atoms with Crippen LogP contribution in [0.4, 0.5) is 0 Å². The molecule has 0 saturated carbocycles. The summed E-state index contributed by atoms with van der Waals surface area (Å²) in [5.74, 6) is 0. The largest absolute Gasteiger partial charge is 0.360 e. The van der Waals surface area contributed by atoms with Gasteiger partial charge in [0.25, 0.3) is 0 Å². The van der Waals surface area contributed by atoms with Gasteiger partial charge in [0.1, 0.15) is 6.73 Å². The third-order valence-corrected chi connectivity index (χ3v) is 2.73. The zero-order valence-electron chi connectivity index (χ0n) is 9.75. The molecule has 2 fully saturated rings. The van der Waals surface area contributed by atoms with Gasteiger partial charge in [-0.2, -0.15) is 0 Å². The van der Waals surface area contributed by atoms with Crippen LogP contribution in [0.15, 0.2) is 0 Å². The van der Waals surface area contributed by atoms with Gasteiger partial charge in [0.05, 0.1) is 12.3 Å². The van der Waals surface area contributed by atoms with Gasteiger partial charge >= 0.3 is 0 Å². The molecule has 2 saturated heterocycles. The summed E-state index contributed by atoms with van der Waals surface area (Å²) in [5.41, 5.74) is 0. The van der Waals surface area contributed by atoms with Crippen molar-refractivity contribution in [2.45, 2.75) is 52.3 Å². The molecule has 2 rings (SSSR count). The Morgan fingerprint density at radius 2 is 2.21 bits per heavy atom. The van der Waals surface area contributed by atoms with Crippen molar-refractivity contribution in [3.05, 3.63) is 0 Å². The van der Waals surface area contributed by atoms with E-state index in [0.717, 1.165) is 19.8 Å². The van der Waals surface area contributed by atoms with Crippen molar-refractivity contribution >= 4 is 0 Å². The van der Waals surface area contributed by atoms with Crippen molar-refractivity contribution in [3.63, 3.8) is 0 Å². The Balaban J connectivity index is 0.000000461. The molecule has 3 heteroatoms. The van der Waals surface area contributed by atoms with E-state index in [2.05, 4.69) is 17.1 Å². The molecular weight excluding hydrogens is 176 g/mol. The fourth-order valence-electron chi connectivity index (χ4n) is 2.14. The minimum Gasteiger partial charge on any atom is -0.360 e. The van der Waals surface area contributed by atoms with Gasteiger partial charge < -0.3 is 4.74 Å². The van der Waals surface area contributed by atoms with Gasteiger partial charge in [-0.15, -0.1) is 0 Å². The maximum absolute atomic E-state index is 5.69. The van der Waals surface area contributed by atoms with E-state index in [1.54, 1.807) is 0 Å². The van der Waals surface area contributed by atoms with Crippen LogP contribution in [0, 0.1) is 0 Å². The van der Waals surface area contributed by atoms with Gasteiger partial charge in [-0.25, -0.2) is 0 Å². The molecular formula is C11H24N2O. The number of rotatable bonds is 2. The van der Waals surface area contributed by atoms with Gasteiger partial charge in [-0.1, -0.05) is 20.8 Å². The lowest BCUT2D eigenvalue weighted by molar-refractivity contribution is 0.0752. The quantitative estimate of drug-likeness (QED) is 0.735. The number of hydrogen-bond acceptors (Lipinski definition) is 3. The van der Waals surface area contributed by atoms with Gasteiger partial charge in [0.15, 0.2) is 0 Å². The Kier molecular flexibility index (Phi) is 5.45. The molecule has 0 aromatic rings. The van der Waals surface area contributed by atoms with Crippen LogP contribution < -0.4 is 5.32 Å². The molecule has 0 radical (unpaired) electrons. The van der Waals surface area contributed by atoms with Crippen molar-refractivity contribution in [1.82, 2.24) is 10.2 Å². The molecule has 0 spiro atoms. The predicted molar refractivity (Wildman–Crippen MR) is 59.1 cm³/mol. The molecule has 0 aliphatic carbocycles. The van der Waals surface area contributed by atoms with E-state index in [0.29, 0.717) is 12.3 Å². The van der Waals surface area contributed by atoms with Gasteiger partial charge in [-0.05, 0) is 25.8 Å². The Morgan fingerprint density at radius 3 is 2.93 bits per heavy atom. The number of ether oxygens (including phenoxy) is 1. The van der Waals surface area contributed by atoms with E-state index in [-0.39, 0.29) is 0 Å². The van der Waals surface area contributed by atoms with Crippen LogP contribution in [-0.4, -0.2) is 37.0 Å². The third kappa shape index (κ3) is 2.69. The lowest BCUT2D eigenvalue weighted by Gasteiger charge is -2.30. The lowest BCUT2D eigenvalue weighted by atomic mass is 10.1. The predicted octanol–water partition coefficient (Wildman–Crippen LogP) is 1.79. The first-order chi connectivity index (χ1) is 6.92. The summed E-state index contributed by atoms with van der Waals surface area (Å²) in [5, 5.41) is 3.52. The summed E-state index contributed by atoms with van der Waals surface area (Å²) in [7, 11) is 0. The molecule has 14 heavy (non-hydrogen) atoms. The van der Waals surface area contributed by atoms with Crippen molar-refractivity contribution in [1.29, 1.82) is 0 Å². The molecule has 2 heterocycles. The Bertz CT molecular complexity index is 152. The number of hydrogen-bond donors (Lipinski definition) is 1. The SMILES string of the molecule is CC.CCCN1COC2CCCNC21. The molecule has 2 aliphatic heterocycles. The molecule has 2 unspecified atom stereocenters. The molecule has 0 aromatic carbocycles. The van der Waals surface area contributed by atoms with Crippen LogP contribution in [0.2, 0.25) is 0 Å². The summed E-state index contributed by atoms with van der Waals surface area (Å²) in [4.78, 5) is 2.41. The second-order valence-electron chi connectivity index (χ2n) is 3.69. The smallest absolute Gasteiger partial charge is 0.101 e. The third-order valence-electron chi connectivity index (χ3n) is 2.73. The molecule has 2 atom stereocenters. The standard InChI is InChI=1S/C9H18N2O.C2H6/c1-2-6-11-7-12-8-4-3-5-10-9(8)11;1-2/h8-10H,2-7H2,1H3;1-2H3. The highest BCUT2D eigenvalue weighted by Gasteiger charge is 2.35. The first-order valence-corrected chi connectivity index (χ1v) is 6.01. The van der Waals surface area contributed by atoms with E-state index in [1.165, 1.54) is 19.3 Å². The fourth-order valence-corrected chi connectivity index (χ4v) is 2.14. The van der Waals surface area contributed by atoms with Crippen molar-refractivity contribution in [2.75, 3.05) is 19.8 Å². The summed E-state index contributed by atoms with van der Waals surface area (Å²) >= 11 is 0. The average Bonchev–Trinajstić information content (AvgIpc) is 2.66. The zero-order chi connectivity index (χ0) is 10.4. The van der Waals surface area contributed by atoms with Gasteiger partial charge in [0, 0.05) is 6.54 Å². The van der Waals surface area contributed by atoms with E-state index in [4.69, 9.17) is 4.74 Å². The minimum atomic E-state index is 0.463. The average molecular weight is 200 g/mol. The summed E-state index contributed by atoms with van der Waals surface area (Å²) in [6.07, 6.45) is 4.69. The monoisotopic (exact) mass is 200 g/mol. The first kappa shape index (κ1) is 12.0. The number of nitrogens with one attached hydrogen (secondary N) is 1. The molecule has 84 valence electrons. The van der Waals surface area contributed by atoms with Crippen LogP contribution in [0.25, 0.3) is 0 Å². The van der Waals surface area contributed by atoms with Crippen molar-refractivity contribution in [3.8, 4) is 0 Å². The lowest BCUT2D eigenvalue weighted by Crippen LogP contribution is -2.50. The second-order valence-corrected chi connectivity index (χ2v) is 3.69. The normalized spacial score (nSPS) is 31.9. The van der Waals surface area contributed by atoms with Crippen LogP contribution in [0.5, 0.6) is 0 Å². The highest BCUT2D eigenvalue weighted by molar-refractivity contribution is 4.85. The maximum Gasteiger partial charge on any atom is 0.101 e. The van der Waals surface area contributed by atoms with E-state index >= 15 is 0 Å². The number of piperidine rings is 1. The molecule has 0 bridgehead atoms. The molecule has 0 aromatic heterocycles. The minimum absolute atomic E-state index is 0.463. The van der Waals surface area contributed by atoms with Crippen molar-refractivity contribution < 1.29 is 4.74 Å². The number of nitrogens with zero attached hydrogens (tertiary/aromatic N) is 1. The Morgan fingerprint density at radius 1 is 1.43 bits per heavy atom. The summed E-state index contributed by atoms with van der Waals surface area (Å²) in [6, 6.07) is 0. The van der Waals surface area contributed by atoms with Crippen LogP contribution in [0.1, 0.15) is 40.0 Å². The van der Waals surface area contributed by atoms with E-state index < -0.39 is 0 Å². The Hall–Kier alpha value is -0.120. The Labute approximate surface area is 87.8 Å². The zero-order valence-corrected chi connectivity index (χ0v) is 9.75. The van der Waals surface area contributed by atoms with Gasteiger partial charge in [-0.3, -0.25) is 10.2 Å². The van der Waals surface area contributed by atoms with Crippen LogP contribution >= 0.6 is 0 Å². The second kappa shape index (κ2) is 6.38. The summed E-state index contributed by atoms with van der Waals surface area (Å²) in [6.45, 7) is 9.37. The topological polar surface area (TPSA) is 24.5 Å². The maximum atomic E-state index is 5.69. The van der Waals surface area contributed by atoms with Crippen molar-refractivity contribution in [2.24, 2.45) is 0 Å². The van der Waals surface area contributed by atoms with E-state index in [9.17, 15) is 0 Å². The molecule has 1 N–H and O–H groups in total. The van der Waals surface area contributed by atoms with Crippen LogP contribution in [0.3, 0.4) is 0 Å². The molecule has 2 aliphatic rings. The van der Waals surface area contributed by atoms with E-state index in [1.807, 2.05) is 13.8 Å². The van der Waals surface area contributed by atoms with Gasteiger partial charge in [0.2, 0.25) is 0 Å². The van der Waals surface area contributed by atoms with Crippen LogP contribution in [-0.2, 0) is 4.74 Å². The highest BCUT2D eigenvalue weighted by atomic mass is 16.5. The molecule has 3 nitrogen and oxygen atoms in total. The molecule has 0 amide bonds. The summed E-state index contributed by atoms with van der Waals surface area (Å²) < 4.78 is 5.69. The fraction of sp³-hybridized carbons (Fsp3) is 1.00.